The van der Waals surface area contributed by atoms with Crippen LogP contribution in [0.2, 0.25) is 0 Å². The summed E-state index contributed by atoms with van der Waals surface area (Å²) < 4.78 is 21.1. The van der Waals surface area contributed by atoms with Gasteiger partial charge in [-0.25, -0.2) is 4.79 Å². The van der Waals surface area contributed by atoms with E-state index in [0.717, 1.165) is 0 Å². The van der Waals surface area contributed by atoms with Crippen LogP contribution in [0.3, 0.4) is 0 Å². The molecular weight excluding hydrogens is 400 g/mol. The molecule has 1 amide bonds. The average molecular weight is 424 g/mol. The van der Waals surface area contributed by atoms with Crippen LogP contribution in [0.4, 0.5) is 5.69 Å². The molecule has 2 aromatic carbocycles. The number of carbonyl (C=O) groups excluding carboxylic acids is 2. The van der Waals surface area contributed by atoms with Gasteiger partial charge in [-0.3, -0.25) is 4.79 Å². The molecule has 0 atom stereocenters. The van der Waals surface area contributed by atoms with Gasteiger partial charge < -0.3 is 24.3 Å². The minimum atomic E-state index is -0.696. The van der Waals surface area contributed by atoms with Crippen molar-refractivity contribution in [3.8, 4) is 23.3 Å². The van der Waals surface area contributed by atoms with E-state index in [1.807, 2.05) is 13.0 Å². The van der Waals surface area contributed by atoms with E-state index in [2.05, 4.69) is 5.32 Å². The fourth-order valence-corrected chi connectivity index (χ4v) is 2.53. The Hall–Kier alpha value is -3.99. The molecule has 31 heavy (non-hydrogen) atoms. The van der Waals surface area contributed by atoms with Gasteiger partial charge in [0.05, 0.1) is 20.3 Å². The molecule has 0 heterocycles. The minimum absolute atomic E-state index is 0.128. The molecule has 8 nitrogen and oxygen atoms in total. The zero-order chi connectivity index (χ0) is 22.6. The molecular formula is C23H24N2O6. The molecule has 0 aliphatic heterocycles. The highest BCUT2D eigenvalue weighted by Crippen LogP contribution is 2.29. The van der Waals surface area contributed by atoms with E-state index in [1.54, 1.807) is 56.5 Å². The standard InChI is InChI=1S/C23H24N2O6/c1-4-29-21-13-16(12-17(14-24)23(27)30-5-2)6-11-20(21)31-15-22(26)25-18-7-9-19(28-3)10-8-18/h6-13H,4-5,15H2,1-3H3,(H,25,26). The predicted octanol–water partition coefficient (Wildman–Crippen LogP) is 3.58. The van der Waals surface area contributed by atoms with Crippen LogP contribution in [-0.4, -0.2) is 38.8 Å². The Morgan fingerprint density at radius 2 is 1.77 bits per heavy atom. The number of hydrogen-bond acceptors (Lipinski definition) is 7. The van der Waals surface area contributed by atoms with Crippen molar-refractivity contribution in [2.75, 3.05) is 32.2 Å². The summed E-state index contributed by atoms with van der Waals surface area (Å²) in [6.07, 6.45) is 1.40. The first-order valence-corrected chi connectivity index (χ1v) is 9.63. The molecule has 1 N–H and O–H groups in total. The van der Waals surface area contributed by atoms with Gasteiger partial charge >= 0.3 is 5.97 Å². The lowest BCUT2D eigenvalue weighted by Gasteiger charge is -2.13. The number of nitrogens with one attached hydrogen (secondary N) is 1. The maximum Gasteiger partial charge on any atom is 0.348 e. The molecule has 2 aromatic rings. The molecule has 0 saturated carbocycles. The molecule has 0 aliphatic rings. The zero-order valence-corrected chi connectivity index (χ0v) is 17.6. The van der Waals surface area contributed by atoms with Crippen molar-refractivity contribution in [1.29, 1.82) is 5.26 Å². The van der Waals surface area contributed by atoms with Crippen LogP contribution in [0.1, 0.15) is 19.4 Å². The van der Waals surface area contributed by atoms with Gasteiger partial charge in [0.1, 0.15) is 17.4 Å². The summed E-state index contributed by atoms with van der Waals surface area (Å²) in [7, 11) is 1.57. The second-order valence-corrected chi connectivity index (χ2v) is 6.09. The fraction of sp³-hybridized carbons (Fsp3) is 0.261. The largest absolute Gasteiger partial charge is 0.497 e. The normalized spacial score (nSPS) is 10.6. The summed E-state index contributed by atoms with van der Waals surface area (Å²) in [6.45, 7) is 3.78. The third-order valence-electron chi connectivity index (χ3n) is 3.93. The van der Waals surface area contributed by atoms with Crippen LogP contribution < -0.4 is 19.5 Å². The molecule has 0 aliphatic carbocycles. The maximum absolute atomic E-state index is 12.2. The zero-order valence-electron chi connectivity index (χ0n) is 17.6. The maximum atomic E-state index is 12.2. The number of anilines is 1. The van der Waals surface area contributed by atoms with Crippen molar-refractivity contribution < 1.29 is 28.5 Å². The van der Waals surface area contributed by atoms with Gasteiger partial charge in [-0.1, -0.05) is 6.07 Å². The molecule has 0 bridgehead atoms. The lowest BCUT2D eigenvalue weighted by atomic mass is 10.1. The second-order valence-electron chi connectivity index (χ2n) is 6.09. The minimum Gasteiger partial charge on any atom is -0.497 e. The highest BCUT2D eigenvalue weighted by Gasteiger charge is 2.13. The molecule has 0 fully saturated rings. The number of benzene rings is 2. The van der Waals surface area contributed by atoms with Crippen LogP contribution in [0.25, 0.3) is 6.08 Å². The Kier molecular flexibility index (Phi) is 8.92. The number of carbonyl (C=O) groups is 2. The van der Waals surface area contributed by atoms with E-state index in [1.165, 1.54) is 6.08 Å². The van der Waals surface area contributed by atoms with Gasteiger partial charge in [-0.15, -0.1) is 0 Å². The van der Waals surface area contributed by atoms with E-state index in [0.29, 0.717) is 35.1 Å². The number of nitriles is 1. The van der Waals surface area contributed by atoms with Crippen molar-refractivity contribution >= 4 is 23.6 Å². The highest BCUT2D eigenvalue weighted by molar-refractivity contribution is 5.98. The van der Waals surface area contributed by atoms with E-state index in [9.17, 15) is 14.9 Å². The Morgan fingerprint density at radius 3 is 2.39 bits per heavy atom. The van der Waals surface area contributed by atoms with Gasteiger partial charge in [-0.05, 0) is 61.9 Å². The number of methoxy groups -OCH3 is 1. The predicted molar refractivity (Wildman–Crippen MR) is 115 cm³/mol. The van der Waals surface area contributed by atoms with Crippen molar-refractivity contribution in [2.24, 2.45) is 0 Å². The van der Waals surface area contributed by atoms with Gasteiger partial charge in [0, 0.05) is 5.69 Å². The summed E-state index contributed by atoms with van der Waals surface area (Å²) in [6, 6.07) is 13.6. The third-order valence-corrected chi connectivity index (χ3v) is 3.93. The van der Waals surface area contributed by atoms with Gasteiger partial charge in [-0.2, -0.15) is 5.26 Å². The summed E-state index contributed by atoms with van der Waals surface area (Å²) in [5.41, 5.74) is 1.04. The molecule has 0 radical (unpaired) electrons. The summed E-state index contributed by atoms with van der Waals surface area (Å²) in [5.74, 6) is 0.393. The summed E-state index contributed by atoms with van der Waals surface area (Å²) in [5, 5.41) is 11.9. The monoisotopic (exact) mass is 424 g/mol. The number of ether oxygens (including phenoxy) is 4. The van der Waals surface area contributed by atoms with Crippen molar-refractivity contribution in [3.05, 3.63) is 53.6 Å². The fourth-order valence-electron chi connectivity index (χ4n) is 2.53. The third kappa shape index (κ3) is 7.08. The van der Waals surface area contributed by atoms with Crippen LogP contribution in [-0.2, 0) is 14.3 Å². The van der Waals surface area contributed by atoms with Gasteiger partial charge in [0.2, 0.25) is 0 Å². The molecule has 0 unspecified atom stereocenters. The quantitative estimate of drug-likeness (QED) is 0.353. The molecule has 2 rings (SSSR count). The molecule has 0 spiro atoms. The smallest absolute Gasteiger partial charge is 0.348 e. The van der Waals surface area contributed by atoms with Crippen LogP contribution in [0.15, 0.2) is 48.0 Å². The Bertz CT molecular complexity index is 977. The molecule has 0 aromatic heterocycles. The number of nitrogens with zero attached hydrogens (tertiary/aromatic N) is 1. The Balaban J connectivity index is 2.09. The van der Waals surface area contributed by atoms with E-state index < -0.39 is 5.97 Å². The van der Waals surface area contributed by atoms with Crippen LogP contribution in [0.5, 0.6) is 17.2 Å². The topological polar surface area (TPSA) is 107 Å². The van der Waals surface area contributed by atoms with Crippen LogP contribution >= 0.6 is 0 Å². The lowest BCUT2D eigenvalue weighted by molar-refractivity contribution is -0.137. The van der Waals surface area contributed by atoms with E-state index in [-0.39, 0.29) is 24.7 Å². The Labute approximate surface area is 181 Å². The number of amides is 1. The molecule has 8 heteroatoms. The molecule has 162 valence electrons. The number of esters is 1. The van der Waals surface area contributed by atoms with E-state index >= 15 is 0 Å². The average Bonchev–Trinajstić information content (AvgIpc) is 2.77. The summed E-state index contributed by atoms with van der Waals surface area (Å²) in [4.78, 5) is 24.0. The van der Waals surface area contributed by atoms with Crippen molar-refractivity contribution in [2.45, 2.75) is 13.8 Å². The second kappa shape index (κ2) is 11.9. The first-order chi connectivity index (χ1) is 15.0. The van der Waals surface area contributed by atoms with Crippen LogP contribution in [0, 0.1) is 11.3 Å². The number of rotatable bonds is 10. The van der Waals surface area contributed by atoms with Gasteiger partial charge in [0.15, 0.2) is 18.1 Å². The molecule has 0 saturated heterocycles. The number of hydrogen-bond donors (Lipinski definition) is 1. The van der Waals surface area contributed by atoms with Gasteiger partial charge in [0.25, 0.3) is 5.91 Å². The van der Waals surface area contributed by atoms with E-state index in [4.69, 9.17) is 18.9 Å². The lowest BCUT2D eigenvalue weighted by Crippen LogP contribution is -2.20. The van der Waals surface area contributed by atoms with Crippen molar-refractivity contribution in [3.63, 3.8) is 0 Å². The summed E-state index contributed by atoms with van der Waals surface area (Å²) >= 11 is 0. The van der Waals surface area contributed by atoms with Crippen molar-refractivity contribution in [1.82, 2.24) is 0 Å². The first kappa shape index (κ1) is 23.3. The first-order valence-electron chi connectivity index (χ1n) is 9.63. The highest BCUT2D eigenvalue weighted by atomic mass is 16.5. The SMILES string of the molecule is CCOC(=O)C(C#N)=Cc1ccc(OCC(=O)Nc2ccc(OC)cc2)c(OCC)c1. The Morgan fingerprint density at radius 1 is 1.03 bits per heavy atom.